The highest BCUT2D eigenvalue weighted by molar-refractivity contribution is 7.90. The Bertz CT molecular complexity index is 909. The van der Waals surface area contributed by atoms with Crippen LogP contribution in [0.2, 0.25) is 5.02 Å². The SMILES string of the molecule is CC(=O)Nc1ccc(-c2ccc(Cl)cn2)c(S(=O)(=O)/N=C/N(C)C)c1. The predicted octanol–water partition coefficient (Wildman–Crippen LogP) is 2.64. The predicted molar refractivity (Wildman–Crippen MR) is 98.4 cm³/mol. The number of anilines is 1. The summed E-state index contributed by atoms with van der Waals surface area (Å²) < 4.78 is 28.9. The van der Waals surface area contributed by atoms with Crippen molar-refractivity contribution in [1.82, 2.24) is 9.88 Å². The summed E-state index contributed by atoms with van der Waals surface area (Å²) in [6.07, 6.45) is 2.62. The fourth-order valence-electron chi connectivity index (χ4n) is 1.98. The summed E-state index contributed by atoms with van der Waals surface area (Å²) in [6.45, 7) is 1.34. The van der Waals surface area contributed by atoms with Crippen LogP contribution in [0.4, 0.5) is 5.69 Å². The minimum absolute atomic E-state index is 0.0633. The molecule has 0 bridgehead atoms. The zero-order valence-electron chi connectivity index (χ0n) is 13.9. The van der Waals surface area contributed by atoms with E-state index in [9.17, 15) is 13.2 Å². The maximum Gasteiger partial charge on any atom is 0.284 e. The number of pyridine rings is 1. The van der Waals surface area contributed by atoms with Crippen LogP contribution in [0.3, 0.4) is 0 Å². The molecule has 132 valence electrons. The molecule has 0 spiro atoms. The molecule has 0 radical (unpaired) electrons. The van der Waals surface area contributed by atoms with Gasteiger partial charge >= 0.3 is 0 Å². The van der Waals surface area contributed by atoms with Crippen LogP contribution in [-0.4, -0.2) is 44.6 Å². The van der Waals surface area contributed by atoms with E-state index in [0.717, 1.165) is 0 Å². The molecule has 0 unspecified atom stereocenters. The first-order valence-electron chi connectivity index (χ1n) is 7.19. The highest BCUT2D eigenvalue weighted by Crippen LogP contribution is 2.30. The van der Waals surface area contributed by atoms with Crippen molar-refractivity contribution in [3.05, 3.63) is 41.6 Å². The third-order valence-electron chi connectivity index (χ3n) is 3.00. The zero-order chi connectivity index (χ0) is 18.6. The Hall–Kier alpha value is -2.45. The number of benzene rings is 1. The molecule has 0 fully saturated rings. The molecule has 0 aliphatic heterocycles. The molecule has 1 heterocycles. The van der Waals surface area contributed by atoms with Gasteiger partial charge in [-0.25, -0.2) is 0 Å². The van der Waals surface area contributed by atoms with E-state index in [-0.39, 0.29) is 10.8 Å². The number of hydrogen-bond acceptors (Lipinski definition) is 4. The maximum absolute atomic E-state index is 12.6. The van der Waals surface area contributed by atoms with E-state index in [4.69, 9.17) is 11.6 Å². The third kappa shape index (κ3) is 5.01. The molecule has 9 heteroatoms. The second kappa shape index (κ2) is 7.62. The van der Waals surface area contributed by atoms with Crippen molar-refractivity contribution in [2.24, 2.45) is 4.40 Å². The molecule has 1 N–H and O–H groups in total. The van der Waals surface area contributed by atoms with E-state index in [0.29, 0.717) is 22.0 Å². The van der Waals surface area contributed by atoms with Crippen LogP contribution in [0.1, 0.15) is 6.92 Å². The minimum atomic E-state index is -4.00. The van der Waals surface area contributed by atoms with Crippen LogP contribution >= 0.6 is 11.6 Å². The van der Waals surface area contributed by atoms with Gasteiger partial charge in [0, 0.05) is 38.5 Å². The molecule has 7 nitrogen and oxygen atoms in total. The first-order chi connectivity index (χ1) is 11.7. The maximum atomic E-state index is 12.6. The number of carbonyl (C=O) groups excluding carboxylic acids is 1. The lowest BCUT2D eigenvalue weighted by molar-refractivity contribution is -0.114. The molecule has 0 aliphatic rings. The Morgan fingerprint density at radius 1 is 1.28 bits per heavy atom. The molecule has 0 saturated heterocycles. The van der Waals surface area contributed by atoms with E-state index >= 15 is 0 Å². The zero-order valence-corrected chi connectivity index (χ0v) is 15.5. The summed E-state index contributed by atoms with van der Waals surface area (Å²) in [6, 6.07) is 7.76. The Balaban J connectivity index is 2.63. The smallest absolute Gasteiger partial charge is 0.284 e. The van der Waals surface area contributed by atoms with Gasteiger partial charge in [0.1, 0.15) is 11.2 Å². The Kier molecular flexibility index (Phi) is 5.76. The van der Waals surface area contributed by atoms with Crippen LogP contribution in [0.5, 0.6) is 0 Å². The Morgan fingerprint density at radius 2 is 2.00 bits per heavy atom. The average Bonchev–Trinajstić information content (AvgIpc) is 2.53. The number of aromatic nitrogens is 1. The molecular weight excluding hydrogens is 364 g/mol. The number of nitrogens with one attached hydrogen (secondary N) is 1. The normalized spacial score (nSPS) is 11.5. The van der Waals surface area contributed by atoms with Crippen molar-refractivity contribution in [3.8, 4) is 11.3 Å². The Morgan fingerprint density at radius 3 is 2.56 bits per heavy atom. The van der Waals surface area contributed by atoms with Crippen molar-refractivity contribution in [2.45, 2.75) is 11.8 Å². The molecular formula is C16H17ClN4O3S. The number of rotatable bonds is 5. The van der Waals surface area contributed by atoms with E-state index < -0.39 is 10.0 Å². The molecule has 0 aliphatic carbocycles. The number of halogens is 1. The van der Waals surface area contributed by atoms with Crippen LogP contribution in [0, 0.1) is 0 Å². The minimum Gasteiger partial charge on any atom is -0.368 e. The highest BCUT2D eigenvalue weighted by Gasteiger charge is 2.20. The van der Waals surface area contributed by atoms with E-state index in [2.05, 4.69) is 14.7 Å². The fourth-order valence-corrected chi connectivity index (χ4v) is 3.24. The van der Waals surface area contributed by atoms with Gasteiger partial charge < -0.3 is 10.2 Å². The lowest BCUT2D eigenvalue weighted by Gasteiger charge is -2.11. The number of amides is 1. The number of hydrogen-bond donors (Lipinski definition) is 1. The molecule has 0 atom stereocenters. The standard InChI is InChI=1S/C16H17ClN4O3S/c1-11(22)20-13-5-6-14(15-7-4-12(17)9-18-15)16(8-13)25(23,24)19-10-21(2)3/h4-10H,1-3H3,(H,20,22)/b19-10+. The monoisotopic (exact) mass is 380 g/mol. The van der Waals surface area contributed by atoms with Crippen molar-refractivity contribution in [3.63, 3.8) is 0 Å². The molecule has 25 heavy (non-hydrogen) atoms. The van der Waals surface area contributed by atoms with E-state index in [1.807, 2.05) is 0 Å². The molecule has 1 amide bonds. The first-order valence-corrected chi connectivity index (χ1v) is 9.01. The van der Waals surface area contributed by atoms with Crippen molar-refractivity contribution >= 4 is 39.6 Å². The number of nitrogens with zero attached hydrogens (tertiary/aromatic N) is 3. The van der Waals surface area contributed by atoms with Gasteiger partial charge in [0.2, 0.25) is 5.91 Å². The average molecular weight is 381 g/mol. The largest absolute Gasteiger partial charge is 0.368 e. The van der Waals surface area contributed by atoms with Crippen molar-refractivity contribution in [2.75, 3.05) is 19.4 Å². The van der Waals surface area contributed by atoms with Crippen LogP contribution in [0.25, 0.3) is 11.3 Å². The summed E-state index contributed by atoms with van der Waals surface area (Å²) in [5.41, 5.74) is 1.14. The molecule has 1 aromatic carbocycles. The number of carbonyl (C=O) groups is 1. The van der Waals surface area contributed by atoms with E-state index in [1.54, 1.807) is 38.4 Å². The van der Waals surface area contributed by atoms with Crippen LogP contribution < -0.4 is 5.32 Å². The molecule has 1 aromatic heterocycles. The van der Waals surface area contributed by atoms with Crippen LogP contribution in [-0.2, 0) is 14.8 Å². The lowest BCUT2D eigenvalue weighted by Crippen LogP contribution is -2.11. The van der Waals surface area contributed by atoms with Gasteiger partial charge in [-0.3, -0.25) is 9.78 Å². The van der Waals surface area contributed by atoms with Gasteiger partial charge in [0.25, 0.3) is 10.0 Å². The van der Waals surface area contributed by atoms with Crippen molar-refractivity contribution in [1.29, 1.82) is 0 Å². The summed E-state index contributed by atoms with van der Waals surface area (Å²) in [7, 11) is -0.677. The highest BCUT2D eigenvalue weighted by atomic mass is 35.5. The third-order valence-corrected chi connectivity index (χ3v) is 4.49. The van der Waals surface area contributed by atoms with Gasteiger partial charge in [0.15, 0.2) is 0 Å². The van der Waals surface area contributed by atoms with Crippen molar-refractivity contribution < 1.29 is 13.2 Å². The van der Waals surface area contributed by atoms with Gasteiger partial charge in [-0.2, -0.15) is 8.42 Å². The summed E-state index contributed by atoms with van der Waals surface area (Å²) in [5.74, 6) is -0.308. The van der Waals surface area contributed by atoms with E-state index in [1.165, 1.54) is 30.4 Å². The fraction of sp³-hybridized carbons (Fsp3) is 0.188. The molecule has 2 aromatic rings. The first kappa shape index (κ1) is 18.9. The lowest BCUT2D eigenvalue weighted by atomic mass is 10.1. The van der Waals surface area contributed by atoms with Gasteiger partial charge in [0.05, 0.1) is 10.7 Å². The molecule has 0 saturated carbocycles. The van der Waals surface area contributed by atoms with Gasteiger partial charge in [-0.1, -0.05) is 11.6 Å². The second-order valence-corrected chi connectivity index (χ2v) is 7.45. The van der Waals surface area contributed by atoms with Gasteiger partial charge in [-0.15, -0.1) is 4.40 Å². The quantitative estimate of drug-likeness (QED) is 0.636. The van der Waals surface area contributed by atoms with Gasteiger partial charge in [-0.05, 0) is 30.3 Å². The second-order valence-electron chi connectivity index (χ2n) is 5.41. The topological polar surface area (TPSA) is 91.7 Å². The summed E-state index contributed by atoms with van der Waals surface area (Å²) in [4.78, 5) is 16.9. The Labute approximate surface area is 151 Å². The number of sulfonamides is 1. The summed E-state index contributed by atoms with van der Waals surface area (Å²) >= 11 is 5.84. The summed E-state index contributed by atoms with van der Waals surface area (Å²) in [5, 5.41) is 3.00. The molecule has 2 rings (SSSR count). The van der Waals surface area contributed by atoms with Crippen LogP contribution in [0.15, 0.2) is 45.8 Å².